The Bertz CT molecular complexity index is 635. The van der Waals surface area contributed by atoms with E-state index in [4.69, 9.17) is 0 Å². The Hall–Kier alpha value is -1.75. The van der Waals surface area contributed by atoms with Crippen LogP contribution in [0, 0.1) is 13.8 Å². The summed E-state index contributed by atoms with van der Waals surface area (Å²) in [5, 5.41) is 10.1. The van der Waals surface area contributed by atoms with Crippen LogP contribution >= 0.6 is 11.8 Å². The van der Waals surface area contributed by atoms with E-state index in [0.29, 0.717) is 11.3 Å². The van der Waals surface area contributed by atoms with Crippen LogP contribution in [0.1, 0.15) is 34.2 Å². The van der Waals surface area contributed by atoms with Crippen molar-refractivity contribution in [2.45, 2.75) is 38.2 Å². The van der Waals surface area contributed by atoms with E-state index in [9.17, 15) is 9.90 Å². The SMILES string of the molecule is CCn1c(SCc2ccccc2C(=O)O)nc(C)c1C. The fourth-order valence-corrected chi connectivity index (χ4v) is 3.26. The van der Waals surface area contributed by atoms with Gasteiger partial charge in [-0.1, -0.05) is 30.0 Å². The number of hydrogen-bond donors (Lipinski definition) is 1. The van der Waals surface area contributed by atoms with Crippen LogP contribution in [0.3, 0.4) is 0 Å². The van der Waals surface area contributed by atoms with E-state index in [0.717, 1.165) is 23.0 Å². The van der Waals surface area contributed by atoms with Crippen molar-refractivity contribution < 1.29 is 9.90 Å². The lowest BCUT2D eigenvalue weighted by molar-refractivity contribution is 0.0696. The van der Waals surface area contributed by atoms with E-state index in [2.05, 4.69) is 23.4 Å². The van der Waals surface area contributed by atoms with Gasteiger partial charge in [-0.3, -0.25) is 0 Å². The molecule has 0 unspecified atom stereocenters. The van der Waals surface area contributed by atoms with Crippen LogP contribution in [-0.4, -0.2) is 20.6 Å². The number of nitrogens with zero attached hydrogens (tertiary/aromatic N) is 2. The average Bonchev–Trinajstić information content (AvgIpc) is 2.71. The van der Waals surface area contributed by atoms with Crippen molar-refractivity contribution >= 4 is 17.7 Å². The molecule has 0 radical (unpaired) electrons. The highest BCUT2D eigenvalue weighted by atomic mass is 32.2. The zero-order valence-electron chi connectivity index (χ0n) is 11.9. The molecule has 106 valence electrons. The summed E-state index contributed by atoms with van der Waals surface area (Å²) in [6.07, 6.45) is 0. The molecule has 0 spiro atoms. The molecule has 0 saturated carbocycles. The van der Waals surface area contributed by atoms with Gasteiger partial charge in [-0.25, -0.2) is 9.78 Å². The van der Waals surface area contributed by atoms with E-state index in [1.807, 2.05) is 19.1 Å². The minimum Gasteiger partial charge on any atom is -0.478 e. The maximum absolute atomic E-state index is 11.2. The molecular weight excluding hydrogens is 272 g/mol. The Labute approximate surface area is 122 Å². The van der Waals surface area contributed by atoms with Crippen LogP contribution in [-0.2, 0) is 12.3 Å². The highest BCUT2D eigenvalue weighted by Crippen LogP contribution is 2.26. The van der Waals surface area contributed by atoms with E-state index in [-0.39, 0.29) is 0 Å². The van der Waals surface area contributed by atoms with Gasteiger partial charge < -0.3 is 9.67 Å². The average molecular weight is 290 g/mol. The number of aromatic carboxylic acids is 1. The molecule has 0 aliphatic heterocycles. The summed E-state index contributed by atoms with van der Waals surface area (Å²) in [6.45, 7) is 7.01. The maximum Gasteiger partial charge on any atom is 0.335 e. The quantitative estimate of drug-likeness (QED) is 0.856. The van der Waals surface area contributed by atoms with Gasteiger partial charge in [0.2, 0.25) is 0 Å². The van der Waals surface area contributed by atoms with Gasteiger partial charge >= 0.3 is 5.97 Å². The summed E-state index contributed by atoms with van der Waals surface area (Å²) in [5.74, 6) is -0.273. The normalized spacial score (nSPS) is 10.8. The maximum atomic E-state index is 11.2. The van der Waals surface area contributed by atoms with Crippen molar-refractivity contribution in [1.29, 1.82) is 0 Å². The third-order valence-corrected chi connectivity index (χ3v) is 4.37. The second-order valence-corrected chi connectivity index (χ2v) is 5.50. The van der Waals surface area contributed by atoms with Crippen molar-refractivity contribution in [3.8, 4) is 0 Å². The van der Waals surface area contributed by atoms with Crippen LogP contribution in [0.25, 0.3) is 0 Å². The third kappa shape index (κ3) is 2.88. The molecule has 0 fully saturated rings. The topological polar surface area (TPSA) is 55.1 Å². The summed E-state index contributed by atoms with van der Waals surface area (Å²) >= 11 is 1.58. The van der Waals surface area contributed by atoms with Gasteiger partial charge in [-0.05, 0) is 32.4 Å². The first-order valence-electron chi connectivity index (χ1n) is 6.52. The van der Waals surface area contributed by atoms with Crippen molar-refractivity contribution in [2.75, 3.05) is 0 Å². The molecule has 4 nitrogen and oxygen atoms in total. The van der Waals surface area contributed by atoms with Gasteiger partial charge in [0.25, 0.3) is 0 Å². The van der Waals surface area contributed by atoms with Crippen molar-refractivity contribution in [3.63, 3.8) is 0 Å². The lowest BCUT2D eigenvalue weighted by Gasteiger charge is -2.08. The molecule has 2 aromatic rings. The molecule has 5 heteroatoms. The number of aryl methyl sites for hydroxylation is 1. The monoisotopic (exact) mass is 290 g/mol. The lowest BCUT2D eigenvalue weighted by Crippen LogP contribution is -2.02. The molecule has 0 amide bonds. The highest BCUT2D eigenvalue weighted by molar-refractivity contribution is 7.98. The van der Waals surface area contributed by atoms with Crippen molar-refractivity contribution in [3.05, 3.63) is 46.8 Å². The predicted molar refractivity (Wildman–Crippen MR) is 80.3 cm³/mol. The van der Waals surface area contributed by atoms with Crippen LogP contribution in [0.5, 0.6) is 0 Å². The Morgan fingerprint density at radius 2 is 2.05 bits per heavy atom. The number of rotatable bonds is 5. The second kappa shape index (κ2) is 6.13. The Morgan fingerprint density at radius 3 is 2.70 bits per heavy atom. The Morgan fingerprint density at radius 1 is 1.35 bits per heavy atom. The molecular formula is C15H18N2O2S. The molecule has 0 saturated heterocycles. The first-order chi connectivity index (χ1) is 9.54. The van der Waals surface area contributed by atoms with Crippen LogP contribution in [0.2, 0.25) is 0 Å². The standard InChI is InChI=1S/C15H18N2O2S/c1-4-17-11(3)10(2)16-15(17)20-9-12-7-5-6-8-13(12)14(18)19/h5-8H,4,9H2,1-3H3,(H,18,19). The molecule has 0 atom stereocenters. The summed E-state index contributed by atoms with van der Waals surface area (Å²) < 4.78 is 2.16. The molecule has 0 aliphatic rings. The minimum absolute atomic E-state index is 0.364. The molecule has 20 heavy (non-hydrogen) atoms. The number of aromatic nitrogens is 2. The molecule has 0 aliphatic carbocycles. The van der Waals surface area contributed by atoms with Gasteiger partial charge in [0.15, 0.2) is 5.16 Å². The van der Waals surface area contributed by atoms with Gasteiger partial charge in [-0.2, -0.15) is 0 Å². The zero-order valence-corrected chi connectivity index (χ0v) is 12.7. The number of carboxylic acid groups (broad SMARTS) is 1. The van der Waals surface area contributed by atoms with Crippen LogP contribution in [0.4, 0.5) is 0 Å². The smallest absolute Gasteiger partial charge is 0.335 e. The van der Waals surface area contributed by atoms with Crippen LogP contribution < -0.4 is 0 Å². The zero-order chi connectivity index (χ0) is 14.7. The lowest BCUT2D eigenvalue weighted by atomic mass is 10.1. The third-order valence-electron chi connectivity index (χ3n) is 3.34. The minimum atomic E-state index is -0.882. The van der Waals surface area contributed by atoms with Gasteiger partial charge in [0.05, 0.1) is 11.3 Å². The van der Waals surface area contributed by atoms with E-state index >= 15 is 0 Å². The number of carboxylic acids is 1. The van der Waals surface area contributed by atoms with Crippen LogP contribution in [0.15, 0.2) is 29.4 Å². The van der Waals surface area contributed by atoms with E-state index in [1.54, 1.807) is 23.9 Å². The predicted octanol–water partition coefficient (Wildman–Crippen LogP) is 3.51. The molecule has 0 bridgehead atoms. The van der Waals surface area contributed by atoms with Gasteiger partial charge in [0.1, 0.15) is 0 Å². The van der Waals surface area contributed by atoms with Gasteiger partial charge in [0, 0.05) is 18.0 Å². The fourth-order valence-electron chi connectivity index (χ4n) is 2.10. The summed E-state index contributed by atoms with van der Waals surface area (Å²) in [7, 11) is 0. The molecule has 1 aromatic carbocycles. The van der Waals surface area contributed by atoms with Crippen molar-refractivity contribution in [2.24, 2.45) is 0 Å². The van der Waals surface area contributed by atoms with Crippen molar-refractivity contribution in [1.82, 2.24) is 9.55 Å². The first-order valence-corrected chi connectivity index (χ1v) is 7.50. The van der Waals surface area contributed by atoms with Gasteiger partial charge in [-0.15, -0.1) is 0 Å². The number of thioether (sulfide) groups is 1. The molecule has 1 heterocycles. The summed E-state index contributed by atoms with van der Waals surface area (Å²) in [5.41, 5.74) is 3.39. The summed E-state index contributed by atoms with van der Waals surface area (Å²) in [4.78, 5) is 15.7. The fraction of sp³-hybridized carbons (Fsp3) is 0.333. The molecule has 1 N–H and O–H groups in total. The van der Waals surface area contributed by atoms with E-state index in [1.165, 1.54) is 5.69 Å². The first kappa shape index (κ1) is 14.7. The number of imidazole rings is 1. The van der Waals surface area contributed by atoms with E-state index < -0.39 is 5.97 Å². The largest absolute Gasteiger partial charge is 0.478 e. The highest BCUT2D eigenvalue weighted by Gasteiger charge is 2.13. The summed E-state index contributed by atoms with van der Waals surface area (Å²) in [6, 6.07) is 7.11. The Balaban J connectivity index is 2.21. The number of hydrogen-bond acceptors (Lipinski definition) is 3. The number of benzene rings is 1. The number of carbonyl (C=O) groups is 1. The second-order valence-electron chi connectivity index (χ2n) is 4.56. The Kier molecular flexibility index (Phi) is 4.49. The molecule has 2 rings (SSSR count). The molecule has 1 aromatic heterocycles.